The van der Waals surface area contributed by atoms with Crippen LogP contribution in [0.25, 0.3) is 0 Å². The van der Waals surface area contributed by atoms with E-state index in [0.29, 0.717) is 0 Å². The maximum absolute atomic E-state index is 13.6. The van der Waals surface area contributed by atoms with Gasteiger partial charge in [-0.05, 0) is 45.2 Å². The number of nitrogens with zero attached hydrogens (tertiary/aromatic N) is 2. The van der Waals surface area contributed by atoms with E-state index >= 15 is 0 Å². The highest BCUT2D eigenvalue weighted by Crippen LogP contribution is 2.26. The molecular weight excluding hydrogens is 263 g/mol. The fourth-order valence-electron chi connectivity index (χ4n) is 2.76. The van der Waals surface area contributed by atoms with Crippen molar-refractivity contribution < 1.29 is 14.1 Å². The third-order valence-electron chi connectivity index (χ3n) is 3.82. The maximum atomic E-state index is 13.6. The van der Waals surface area contributed by atoms with Crippen molar-refractivity contribution in [2.24, 2.45) is 0 Å². The van der Waals surface area contributed by atoms with Crippen LogP contribution in [-0.4, -0.2) is 27.8 Å². The predicted molar refractivity (Wildman–Crippen MR) is 72.0 cm³/mol. The van der Waals surface area contributed by atoms with Crippen molar-refractivity contribution in [3.05, 3.63) is 39.7 Å². The van der Waals surface area contributed by atoms with Crippen LogP contribution in [0.15, 0.2) is 18.2 Å². The maximum Gasteiger partial charge on any atom is 0.304 e. The van der Waals surface area contributed by atoms with Crippen molar-refractivity contribution in [3.63, 3.8) is 0 Å². The second-order valence-corrected chi connectivity index (χ2v) is 5.26. The molecule has 0 radical (unpaired) electrons. The summed E-state index contributed by atoms with van der Waals surface area (Å²) in [5.74, 6) is -1.24. The molecule has 1 aromatic rings. The van der Waals surface area contributed by atoms with E-state index in [1.165, 1.54) is 6.07 Å². The van der Waals surface area contributed by atoms with Crippen LogP contribution in [0.1, 0.15) is 43.5 Å². The summed E-state index contributed by atoms with van der Waals surface area (Å²) in [6.07, 6.45) is 2.91. The number of carbonyl (C=O) groups excluding carboxylic acids is 1. The molecule has 1 fully saturated rings. The molecule has 1 saturated heterocycles. The highest BCUT2D eigenvalue weighted by Gasteiger charge is 2.30. The molecular formula is C14H17FN2O3. The molecule has 0 bridgehead atoms. The monoisotopic (exact) mass is 280 g/mol. The molecule has 1 heterocycles. The first kappa shape index (κ1) is 14.4. The molecule has 0 aliphatic carbocycles. The minimum Gasteiger partial charge on any atom is -0.333 e. The van der Waals surface area contributed by atoms with Gasteiger partial charge in [0.1, 0.15) is 0 Å². The van der Waals surface area contributed by atoms with Crippen molar-refractivity contribution in [2.45, 2.75) is 45.2 Å². The highest BCUT2D eigenvalue weighted by atomic mass is 19.1. The predicted octanol–water partition coefficient (Wildman–Crippen LogP) is 3.14. The molecule has 0 spiro atoms. The van der Waals surface area contributed by atoms with Crippen LogP contribution in [0, 0.1) is 15.9 Å². The van der Waals surface area contributed by atoms with E-state index in [0.717, 1.165) is 31.4 Å². The van der Waals surface area contributed by atoms with Gasteiger partial charge in [-0.3, -0.25) is 14.9 Å². The van der Waals surface area contributed by atoms with Crippen LogP contribution in [0.4, 0.5) is 10.1 Å². The number of halogens is 1. The van der Waals surface area contributed by atoms with Crippen LogP contribution in [0.2, 0.25) is 0 Å². The minimum absolute atomic E-state index is 0.101. The fourth-order valence-corrected chi connectivity index (χ4v) is 2.76. The molecule has 2 rings (SSSR count). The number of rotatable bonds is 2. The lowest BCUT2D eigenvalue weighted by molar-refractivity contribution is -0.387. The van der Waals surface area contributed by atoms with Crippen molar-refractivity contribution in [2.75, 3.05) is 0 Å². The molecule has 2 atom stereocenters. The summed E-state index contributed by atoms with van der Waals surface area (Å²) in [6.45, 7) is 3.94. The van der Waals surface area contributed by atoms with Crippen LogP contribution >= 0.6 is 0 Å². The third kappa shape index (κ3) is 2.64. The molecule has 108 valence electrons. The van der Waals surface area contributed by atoms with E-state index in [1.54, 1.807) is 4.90 Å². The Balaban J connectivity index is 2.29. The number of hydrogen-bond acceptors (Lipinski definition) is 3. The summed E-state index contributed by atoms with van der Waals surface area (Å²) in [4.78, 5) is 24.0. The zero-order valence-electron chi connectivity index (χ0n) is 11.5. The van der Waals surface area contributed by atoms with Crippen LogP contribution in [0.5, 0.6) is 0 Å². The number of amides is 1. The summed E-state index contributed by atoms with van der Waals surface area (Å²) in [5.41, 5.74) is -0.449. The number of nitro benzene ring substituents is 1. The van der Waals surface area contributed by atoms with Gasteiger partial charge < -0.3 is 4.90 Å². The normalized spacial score (nSPS) is 22.6. The Bertz CT molecular complexity index is 537. The Morgan fingerprint density at radius 2 is 1.95 bits per heavy atom. The van der Waals surface area contributed by atoms with E-state index in [9.17, 15) is 19.3 Å². The molecule has 2 unspecified atom stereocenters. The first-order chi connectivity index (χ1) is 9.41. The van der Waals surface area contributed by atoms with Gasteiger partial charge in [-0.1, -0.05) is 0 Å². The molecule has 20 heavy (non-hydrogen) atoms. The lowest BCUT2D eigenvalue weighted by Crippen LogP contribution is -2.47. The van der Waals surface area contributed by atoms with Crippen LogP contribution in [0.3, 0.4) is 0 Å². The lowest BCUT2D eigenvalue weighted by atomic mass is 9.96. The zero-order chi connectivity index (χ0) is 14.9. The van der Waals surface area contributed by atoms with E-state index < -0.39 is 16.4 Å². The summed E-state index contributed by atoms with van der Waals surface area (Å²) < 4.78 is 13.6. The quantitative estimate of drug-likeness (QED) is 0.617. The summed E-state index contributed by atoms with van der Waals surface area (Å²) in [5, 5.41) is 10.6. The molecule has 1 aliphatic rings. The minimum atomic E-state index is -0.974. The SMILES string of the molecule is CC1CCCC(C)N1C(=O)c1ccc([N+](=O)[O-])c(F)c1. The van der Waals surface area contributed by atoms with E-state index in [1.807, 2.05) is 13.8 Å². The molecule has 5 nitrogen and oxygen atoms in total. The number of hydrogen-bond donors (Lipinski definition) is 0. The smallest absolute Gasteiger partial charge is 0.304 e. The number of nitro groups is 1. The first-order valence-electron chi connectivity index (χ1n) is 6.68. The average molecular weight is 280 g/mol. The lowest BCUT2D eigenvalue weighted by Gasteiger charge is -2.39. The Kier molecular flexibility index (Phi) is 4.01. The van der Waals surface area contributed by atoms with Gasteiger partial charge in [0, 0.05) is 23.7 Å². The Labute approximate surface area is 116 Å². The van der Waals surface area contributed by atoms with E-state index in [4.69, 9.17) is 0 Å². The largest absolute Gasteiger partial charge is 0.333 e. The van der Waals surface area contributed by atoms with Crippen molar-refractivity contribution in [1.82, 2.24) is 4.90 Å². The van der Waals surface area contributed by atoms with E-state index in [2.05, 4.69) is 0 Å². The summed E-state index contributed by atoms with van der Waals surface area (Å²) in [7, 11) is 0. The van der Waals surface area contributed by atoms with Gasteiger partial charge in [0.2, 0.25) is 5.82 Å². The van der Waals surface area contributed by atoms with Gasteiger partial charge in [0.25, 0.3) is 5.91 Å². The molecule has 0 aromatic heterocycles. The fraction of sp³-hybridized carbons (Fsp3) is 0.500. The molecule has 0 N–H and O–H groups in total. The van der Waals surface area contributed by atoms with Crippen LogP contribution in [-0.2, 0) is 0 Å². The van der Waals surface area contributed by atoms with Gasteiger partial charge in [-0.2, -0.15) is 4.39 Å². The standard InChI is InChI=1S/C14H17FN2O3/c1-9-4-3-5-10(2)16(9)14(18)11-6-7-13(17(19)20)12(15)8-11/h6-10H,3-5H2,1-2H3. The highest BCUT2D eigenvalue weighted by molar-refractivity contribution is 5.95. The topological polar surface area (TPSA) is 63.5 Å². The van der Waals surface area contributed by atoms with Gasteiger partial charge in [-0.15, -0.1) is 0 Å². The number of benzene rings is 1. The Hall–Kier alpha value is -1.98. The second kappa shape index (κ2) is 5.56. The van der Waals surface area contributed by atoms with Crippen LogP contribution < -0.4 is 0 Å². The Morgan fingerprint density at radius 1 is 1.35 bits per heavy atom. The van der Waals surface area contributed by atoms with E-state index in [-0.39, 0.29) is 23.6 Å². The van der Waals surface area contributed by atoms with Gasteiger partial charge in [0.15, 0.2) is 0 Å². The average Bonchev–Trinajstić information content (AvgIpc) is 2.37. The summed E-state index contributed by atoms with van der Waals surface area (Å²) >= 11 is 0. The summed E-state index contributed by atoms with van der Waals surface area (Å²) in [6, 6.07) is 3.52. The number of piperidine rings is 1. The molecule has 1 aromatic carbocycles. The van der Waals surface area contributed by atoms with Gasteiger partial charge >= 0.3 is 5.69 Å². The molecule has 0 saturated carbocycles. The van der Waals surface area contributed by atoms with Crippen molar-refractivity contribution in [3.8, 4) is 0 Å². The number of likely N-dealkylation sites (tertiary alicyclic amines) is 1. The second-order valence-electron chi connectivity index (χ2n) is 5.26. The first-order valence-corrected chi connectivity index (χ1v) is 6.68. The number of carbonyl (C=O) groups is 1. The van der Waals surface area contributed by atoms with Gasteiger partial charge in [-0.25, -0.2) is 0 Å². The molecule has 1 aliphatic heterocycles. The van der Waals surface area contributed by atoms with Crippen molar-refractivity contribution >= 4 is 11.6 Å². The van der Waals surface area contributed by atoms with Gasteiger partial charge in [0.05, 0.1) is 4.92 Å². The third-order valence-corrected chi connectivity index (χ3v) is 3.82. The Morgan fingerprint density at radius 3 is 2.45 bits per heavy atom. The zero-order valence-corrected chi connectivity index (χ0v) is 11.5. The molecule has 1 amide bonds. The molecule has 6 heteroatoms. The van der Waals surface area contributed by atoms with Crippen molar-refractivity contribution in [1.29, 1.82) is 0 Å².